The molecule has 170 valence electrons. The van der Waals surface area contributed by atoms with E-state index < -0.39 is 0 Å². The second-order valence-electron chi connectivity index (χ2n) is 9.28. The van der Waals surface area contributed by atoms with Crippen LogP contribution in [0, 0.1) is 0 Å². The van der Waals surface area contributed by atoms with Crippen LogP contribution < -0.4 is 0 Å². The van der Waals surface area contributed by atoms with Crippen molar-refractivity contribution in [3.63, 3.8) is 0 Å². The van der Waals surface area contributed by atoms with Gasteiger partial charge in [-0.25, -0.2) is 0 Å². The zero-order chi connectivity index (χ0) is 20.7. The molecule has 0 radical (unpaired) electrons. The predicted molar refractivity (Wildman–Crippen MR) is 127 cm³/mol. The van der Waals surface area contributed by atoms with Crippen molar-refractivity contribution in [3.05, 3.63) is 0 Å². The maximum Gasteiger partial charge on any atom is 0.0547 e. The van der Waals surface area contributed by atoms with Gasteiger partial charge in [0.1, 0.15) is 0 Å². The van der Waals surface area contributed by atoms with Crippen LogP contribution >= 0.6 is 0 Å². The number of rotatable bonds is 23. The lowest BCUT2D eigenvalue weighted by molar-refractivity contribution is 0.0552. The van der Waals surface area contributed by atoms with Crippen molar-refractivity contribution < 1.29 is 4.74 Å². The van der Waals surface area contributed by atoms with Crippen molar-refractivity contribution in [2.45, 2.75) is 142 Å². The third-order valence-electron chi connectivity index (χ3n) is 5.87. The van der Waals surface area contributed by atoms with Crippen LogP contribution in [0.2, 0.25) is 0 Å². The van der Waals surface area contributed by atoms with Gasteiger partial charge in [0.2, 0.25) is 0 Å². The summed E-state index contributed by atoms with van der Waals surface area (Å²) in [5.41, 5.74) is 0. The van der Waals surface area contributed by atoms with Gasteiger partial charge in [0.15, 0.2) is 0 Å². The fraction of sp³-hybridized carbons (Fsp3) is 1.00. The Morgan fingerprint density at radius 3 is 1.43 bits per heavy atom. The summed E-state index contributed by atoms with van der Waals surface area (Å²) in [4.78, 5) is 2.25. The number of hydrogen-bond acceptors (Lipinski definition) is 2. The van der Waals surface area contributed by atoms with Crippen LogP contribution in [0.5, 0.6) is 0 Å². The minimum absolute atomic E-state index is 0.450. The molecule has 1 atom stereocenters. The van der Waals surface area contributed by atoms with Gasteiger partial charge in [-0.1, -0.05) is 110 Å². The summed E-state index contributed by atoms with van der Waals surface area (Å²) >= 11 is 0. The van der Waals surface area contributed by atoms with Crippen molar-refractivity contribution in [1.29, 1.82) is 0 Å². The maximum absolute atomic E-state index is 5.93. The molecule has 0 aliphatic rings. The summed E-state index contributed by atoms with van der Waals surface area (Å²) in [7, 11) is 4.28. The summed E-state index contributed by atoms with van der Waals surface area (Å²) in [6, 6.07) is 0. The molecule has 1 unspecified atom stereocenters. The van der Waals surface area contributed by atoms with E-state index in [9.17, 15) is 0 Å². The van der Waals surface area contributed by atoms with Crippen molar-refractivity contribution >= 4 is 0 Å². The van der Waals surface area contributed by atoms with E-state index in [2.05, 4.69) is 32.8 Å². The SMILES string of the molecule is CCCCCCCCCCCCCCCCCCC(C)OCCCCN(C)C. The molecule has 0 N–H and O–H groups in total. The van der Waals surface area contributed by atoms with Crippen molar-refractivity contribution in [2.24, 2.45) is 0 Å². The van der Waals surface area contributed by atoms with E-state index in [0.717, 1.165) is 6.61 Å². The second-order valence-corrected chi connectivity index (χ2v) is 9.28. The zero-order valence-electron chi connectivity index (χ0n) is 20.3. The van der Waals surface area contributed by atoms with Crippen LogP contribution in [0.4, 0.5) is 0 Å². The molecule has 0 rings (SSSR count). The monoisotopic (exact) mass is 397 g/mol. The molecular weight excluding hydrogens is 342 g/mol. The molecule has 0 amide bonds. The van der Waals surface area contributed by atoms with Crippen LogP contribution in [0.15, 0.2) is 0 Å². The van der Waals surface area contributed by atoms with E-state index in [1.165, 1.54) is 129 Å². The smallest absolute Gasteiger partial charge is 0.0547 e. The van der Waals surface area contributed by atoms with E-state index in [1.807, 2.05) is 0 Å². The fourth-order valence-electron chi connectivity index (χ4n) is 3.88. The summed E-state index contributed by atoms with van der Waals surface area (Å²) in [6.07, 6.45) is 27.2. The summed E-state index contributed by atoms with van der Waals surface area (Å²) in [5, 5.41) is 0. The van der Waals surface area contributed by atoms with Gasteiger partial charge in [0.25, 0.3) is 0 Å². The Labute approximate surface area is 179 Å². The van der Waals surface area contributed by atoms with Crippen LogP contribution in [-0.2, 0) is 4.74 Å². The van der Waals surface area contributed by atoms with Crippen LogP contribution in [0.3, 0.4) is 0 Å². The van der Waals surface area contributed by atoms with E-state index in [-0.39, 0.29) is 0 Å². The molecule has 0 aromatic heterocycles. The van der Waals surface area contributed by atoms with E-state index in [4.69, 9.17) is 4.74 Å². The van der Waals surface area contributed by atoms with Crippen molar-refractivity contribution in [3.8, 4) is 0 Å². The third-order valence-corrected chi connectivity index (χ3v) is 5.87. The molecular formula is C26H55NO. The van der Waals surface area contributed by atoms with Crippen molar-refractivity contribution in [2.75, 3.05) is 27.2 Å². The van der Waals surface area contributed by atoms with Gasteiger partial charge in [-0.2, -0.15) is 0 Å². The zero-order valence-corrected chi connectivity index (χ0v) is 20.3. The Bertz CT molecular complexity index is 280. The molecule has 0 aliphatic carbocycles. The van der Waals surface area contributed by atoms with E-state index in [1.54, 1.807) is 0 Å². The molecule has 28 heavy (non-hydrogen) atoms. The molecule has 0 saturated carbocycles. The molecule has 0 aliphatic heterocycles. The minimum Gasteiger partial charge on any atom is -0.379 e. The van der Waals surface area contributed by atoms with Gasteiger partial charge in [0, 0.05) is 6.61 Å². The summed E-state index contributed by atoms with van der Waals surface area (Å²) in [6.45, 7) is 6.66. The second kappa shape index (κ2) is 23.2. The highest BCUT2D eigenvalue weighted by Gasteiger charge is 2.02. The molecule has 2 nitrogen and oxygen atoms in total. The van der Waals surface area contributed by atoms with Gasteiger partial charge < -0.3 is 9.64 Å². The Hall–Kier alpha value is -0.0800. The Balaban J connectivity index is 3.11. The average molecular weight is 398 g/mol. The van der Waals surface area contributed by atoms with Gasteiger partial charge in [0.05, 0.1) is 6.10 Å². The largest absolute Gasteiger partial charge is 0.379 e. The van der Waals surface area contributed by atoms with Gasteiger partial charge in [-0.05, 0) is 46.8 Å². The quantitative estimate of drug-likeness (QED) is 0.160. The lowest BCUT2D eigenvalue weighted by atomic mass is 10.0. The van der Waals surface area contributed by atoms with Crippen LogP contribution in [-0.4, -0.2) is 38.3 Å². The highest BCUT2D eigenvalue weighted by Crippen LogP contribution is 2.14. The number of hydrogen-bond donors (Lipinski definition) is 0. The first kappa shape index (κ1) is 27.9. The number of nitrogens with zero attached hydrogens (tertiary/aromatic N) is 1. The van der Waals surface area contributed by atoms with Crippen LogP contribution in [0.1, 0.15) is 136 Å². The number of unbranched alkanes of at least 4 members (excludes halogenated alkanes) is 16. The summed E-state index contributed by atoms with van der Waals surface area (Å²) in [5.74, 6) is 0. The Morgan fingerprint density at radius 1 is 0.571 bits per heavy atom. The molecule has 0 fully saturated rings. The highest BCUT2D eigenvalue weighted by atomic mass is 16.5. The van der Waals surface area contributed by atoms with Gasteiger partial charge in [-0.15, -0.1) is 0 Å². The molecule has 0 aromatic carbocycles. The maximum atomic E-state index is 5.93. The highest BCUT2D eigenvalue weighted by molar-refractivity contribution is 4.54. The first-order valence-corrected chi connectivity index (χ1v) is 12.9. The fourth-order valence-corrected chi connectivity index (χ4v) is 3.88. The average Bonchev–Trinajstić information content (AvgIpc) is 2.67. The standard InChI is InChI=1S/C26H55NO/c1-5-6-7-8-9-10-11-12-13-14-15-16-17-18-19-20-23-26(2)28-25-22-21-24-27(3)4/h26H,5-25H2,1-4H3. The van der Waals surface area contributed by atoms with Crippen molar-refractivity contribution in [1.82, 2.24) is 4.90 Å². The van der Waals surface area contributed by atoms with E-state index >= 15 is 0 Å². The first-order valence-electron chi connectivity index (χ1n) is 12.9. The lowest BCUT2D eigenvalue weighted by Gasteiger charge is -2.14. The molecule has 0 aromatic rings. The Morgan fingerprint density at radius 2 is 1.00 bits per heavy atom. The van der Waals surface area contributed by atoms with E-state index in [0.29, 0.717) is 6.10 Å². The Kier molecular flexibility index (Phi) is 23.1. The molecule has 0 heterocycles. The van der Waals surface area contributed by atoms with Gasteiger partial charge in [-0.3, -0.25) is 0 Å². The first-order chi connectivity index (χ1) is 13.7. The molecule has 0 saturated heterocycles. The topological polar surface area (TPSA) is 12.5 Å². The lowest BCUT2D eigenvalue weighted by Crippen LogP contribution is -2.14. The number of ether oxygens (including phenoxy) is 1. The summed E-state index contributed by atoms with van der Waals surface area (Å²) < 4.78 is 5.93. The minimum atomic E-state index is 0.450. The van der Waals surface area contributed by atoms with Gasteiger partial charge >= 0.3 is 0 Å². The molecule has 0 spiro atoms. The third kappa shape index (κ3) is 24.0. The molecule has 2 heteroatoms. The normalized spacial score (nSPS) is 12.8. The predicted octanol–water partition coefficient (Wildman–Crippen LogP) is 8.38. The molecule has 0 bridgehead atoms. The van der Waals surface area contributed by atoms with Crippen LogP contribution in [0.25, 0.3) is 0 Å².